The lowest BCUT2D eigenvalue weighted by atomic mass is 10.5. The molecule has 0 aliphatic rings. The van der Waals surface area contributed by atoms with Gasteiger partial charge in [-0.05, 0) is 13.0 Å². The monoisotopic (exact) mass is 145 g/mol. The van der Waals surface area contributed by atoms with E-state index in [-0.39, 0.29) is 0 Å². The first-order valence-corrected chi connectivity index (χ1v) is 3.69. The fourth-order valence-corrected chi connectivity index (χ4v) is 0.164. The van der Waals surface area contributed by atoms with Crippen molar-refractivity contribution in [1.29, 1.82) is 0 Å². The van der Waals surface area contributed by atoms with Gasteiger partial charge in [-0.15, -0.1) is 0 Å². The van der Waals surface area contributed by atoms with Gasteiger partial charge in [-0.1, -0.05) is 33.8 Å². The Hall–Kier alpha value is -0.790. The highest BCUT2D eigenvalue weighted by Crippen LogP contribution is 1.62. The van der Waals surface area contributed by atoms with Gasteiger partial charge in [0, 0.05) is 0 Å². The van der Waals surface area contributed by atoms with Gasteiger partial charge in [0.1, 0.15) is 0 Å². The van der Waals surface area contributed by atoms with Gasteiger partial charge < -0.3 is 5.73 Å². The number of allylic oxidation sites excluding steroid dienone is 1. The van der Waals surface area contributed by atoms with Crippen LogP contribution >= 0.6 is 0 Å². The Morgan fingerprint density at radius 1 is 1.20 bits per heavy atom. The van der Waals surface area contributed by atoms with Crippen molar-refractivity contribution >= 4 is 5.91 Å². The molecule has 0 saturated heterocycles. The zero-order valence-corrected chi connectivity index (χ0v) is 7.64. The number of carbonyl (C=O) groups excluding carboxylic acids is 1. The average Bonchev–Trinajstić information content (AvgIpc) is 1.96. The van der Waals surface area contributed by atoms with Gasteiger partial charge in [0.05, 0.1) is 0 Å². The molecule has 0 fully saturated rings. The van der Waals surface area contributed by atoms with E-state index in [4.69, 9.17) is 0 Å². The Labute approximate surface area is 64.1 Å². The summed E-state index contributed by atoms with van der Waals surface area (Å²) in [5.74, 6) is -0.391. The van der Waals surface area contributed by atoms with E-state index >= 15 is 0 Å². The van der Waals surface area contributed by atoms with Crippen LogP contribution in [0.3, 0.4) is 0 Å². The molecule has 0 aliphatic carbocycles. The molecule has 2 N–H and O–H groups in total. The molecule has 0 heterocycles. The van der Waals surface area contributed by atoms with Crippen molar-refractivity contribution in [1.82, 2.24) is 0 Å². The minimum Gasteiger partial charge on any atom is -0.366 e. The second kappa shape index (κ2) is 24.1. The Kier molecular flexibility index (Phi) is 38.8. The molecule has 2 heteroatoms. The van der Waals surface area contributed by atoms with Crippen molar-refractivity contribution < 1.29 is 4.79 Å². The van der Waals surface area contributed by atoms with E-state index < -0.39 is 5.91 Å². The van der Waals surface area contributed by atoms with Crippen LogP contribution in [0.2, 0.25) is 0 Å². The zero-order valence-electron chi connectivity index (χ0n) is 7.64. The predicted molar refractivity (Wildman–Crippen MR) is 46.7 cm³/mol. The zero-order chi connectivity index (χ0) is 8.99. The summed E-state index contributed by atoms with van der Waals surface area (Å²) in [6.07, 6.45) is 2.91. The smallest absolute Gasteiger partial charge is 0.241 e. The average molecular weight is 145 g/mol. The van der Waals surface area contributed by atoms with Crippen LogP contribution in [0, 0.1) is 0 Å². The van der Waals surface area contributed by atoms with E-state index in [9.17, 15) is 4.79 Å². The lowest BCUT2D eigenvalue weighted by Crippen LogP contribution is -2.04. The summed E-state index contributed by atoms with van der Waals surface area (Å²) in [7, 11) is 0. The number of primary amides is 1. The summed E-state index contributed by atoms with van der Waals surface area (Å²) in [6, 6.07) is 0. The van der Waals surface area contributed by atoms with E-state index in [2.05, 4.69) is 5.73 Å². The Balaban J connectivity index is -0.000000105. The minimum atomic E-state index is -0.391. The predicted octanol–water partition coefficient (Wildman–Crippen LogP) is 2.10. The molecule has 0 atom stereocenters. The van der Waals surface area contributed by atoms with Crippen molar-refractivity contribution in [2.24, 2.45) is 5.73 Å². The molecule has 0 spiro atoms. The van der Waals surface area contributed by atoms with Gasteiger partial charge in [0.25, 0.3) is 0 Å². The fourth-order valence-electron chi connectivity index (χ4n) is 0.164. The summed E-state index contributed by atoms with van der Waals surface area (Å²) in [4.78, 5) is 9.73. The molecule has 62 valence electrons. The second-order valence-electron chi connectivity index (χ2n) is 0.902. The number of amides is 1. The van der Waals surface area contributed by atoms with Crippen LogP contribution in [0.15, 0.2) is 12.2 Å². The molecule has 0 aromatic rings. The fraction of sp³-hybridized carbons (Fsp3) is 0.625. The first kappa shape index (κ1) is 16.1. The number of hydrogen-bond acceptors (Lipinski definition) is 1. The highest BCUT2D eigenvalue weighted by atomic mass is 16.1. The van der Waals surface area contributed by atoms with Crippen LogP contribution in [0.4, 0.5) is 0 Å². The van der Waals surface area contributed by atoms with Crippen molar-refractivity contribution in [2.75, 3.05) is 0 Å². The van der Waals surface area contributed by atoms with Gasteiger partial charge in [-0.3, -0.25) is 4.79 Å². The second-order valence-corrected chi connectivity index (χ2v) is 0.902. The van der Waals surface area contributed by atoms with Gasteiger partial charge in [0.2, 0.25) is 5.91 Å². The van der Waals surface area contributed by atoms with Crippen molar-refractivity contribution in [3.63, 3.8) is 0 Å². The summed E-state index contributed by atoms with van der Waals surface area (Å²) in [6.45, 7) is 9.74. The highest BCUT2D eigenvalue weighted by Gasteiger charge is 1.73. The summed E-state index contributed by atoms with van der Waals surface area (Å²) in [5.41, 5.74) is 4.68. The molecular formula is C8H19NO. The first-order valence-electron chi connectivity index (χ1n) is 3.69. The van der Waals surface area contributed by atoms with Gasteiger partial charge in [0.15, 0.2) is 0 Å². The van der Waals surface area contributed by atoms with Gasteiger partial charge >= 0.3 is 0 Å². The Bertz CT molecular complexity index is 77.3. The highest BCUT2D eigenvalue weighted by molar-refractivity contribution is 5.85. The maximum Gasteiger partial charge on any atom is 0.241 e. The molecule has 0 aromatic heterocycles. The summed E-state index contributed by atoms with van der Waals surface area (Å²) >= 11 is 0. The van der Waals surface area contributed by atoms with E-state index in [0.717, 1.165) is 0 Å². The maximum absolute atomic E-state index is 9.73. The number of hydrogen-bond donors (Lipinski definition) is 1. The van der Waals surface area contributed by atoms with Crippen LogP contribution in [-0.4, -0.2) is 5.91 Å². The quantitative estimate of drug-likeness (QED) is 0.564. The third kappa shape index (κ3) is 56.9. The summed E-state index contributed by atoms with van der Waals surface area (Å²) in [5, 5.41) is 0. The van der Waals surface area contributed by atoms with Crippen molar-refractivity contribution in [2.45, 2.75) is 34.6 Å². The van der Waals surface area contributed by atoms with Crippen LogP contribution < -0.4 is 5.73 Å². The molecule has 0 radical (unpaired) electrons. The summed E-state index contributed by atoms with van der Waals surface area (Å²) < 4.78 is 0. The molecule has 0 aromatic carbocycles. The normalized spacial score (nSPS) is 6.90. The molecule has 0 bridgehead atoms. The van der Waals surface area contributed by atoms with Crippen molar-refractivity contribution in [3.05, 3.63) is 12.2 Å². The van der Waals surface area contributed by atoms with Crippen LogP contribution in [0.25, 0.3) is 0 Å². The minimum absolute atomic E-state index is 0.391. The molecule has 0 unspecified atom stereocenters. The maximum atomic E-state index is 9.73. The molecular weight excluding hydrogens is 126 g/mol. The van der Waals surface area contributed by atoms with Gasteiger partial charge in [-0.2, -0.15) is 0 Å². The van der Waals surface area contributed by atoms with Crippen molar-refractivity contribution in [3.8, 4) is 0 Å². The Morgan fingerprint density at radius 2 is 1.50 bits per heavy atom. The topological polar surface area (TPSA) is 43.1 Å². The van der Waals surface area contributed by atoms with Gasteiger partial charge in [-0.25, -0.2) is 0 Å². The lowest BCUT2D eigenvalue weighted by molar-refractivity contribution is -0.113. The van der Waals surface area contributed by atoms with E-state index in [1.165, 1.54) is 6.08 Å². The molecule has 2 nitrogen and oxygen atoms in total. The number of nitrogens with two attached hydrogens (primary N) is 1. The lowest BCUT2D eigenvalue weighted by Gasteiger charge is -1.70. The number of rotatable bonds is 1. The first-order chi connectivity index (χ1) is 4.77. The van der Waals surface area contributed by atoms with Crippen LogP contribution in [-0.2, 0) is 4.79 Å². The van der Waals surface area contributed by atoms with E-state index in [1.54, 1.807) is 13.0 Å². The van der Waals surface area contributed by atoms with E-state index in [0.29, 0.717) is 0 Å². The Morgan fingerprint density at radius 3 is 1.50 bits per heavy atom. The third-order valence-corrected chi connectivity index (χ3v) is 0.331. The molecule has 0 rings (SSSR count). The molecule has 0 saturated carbocycles. The van der Waals surface area contributed by atoms with Crippen LogP contribution in [0.5, 0.6) is 0 Å². The molecule has 0 aliphatic heterocycles. The molecule has 1 amide bonds. The molecule has 10 heavy (non-hydrogen) atoms. The number of carbonyl (C=O) groups is 1. The van der Waals surface area contributed by atoms with E-state index in [1.807, 2.05) is 27.7 Å². The largest absolute Gasteiger partial charge is 0.366 e. The van der Waals surface area contributed by atoms with Crippen LogP contribution in [0.1, 0.15) is 34.6 Å². The SMILES string of the molecule is C/C=C/C(N)=O.CC.CC. The standard InChI is InChI=1S/C4H7NO.2C2H6/c1-2-3-4(5)6;2*1-2/h2-3H,1H3,(H2,5,6);2*1-2H3/b3-2+;;. The third-order valence-electron chi connectivity index (χ3n) is 0.331.